The molecule has 0 saturated heterocycles. The fourth-order valence-electron chi connectivity index (χ4n) is 3.80. The Morgan fingerprint density at radius 3 is 2.20 bits per heavy atom. The summed E-state index contributed by atoms with van der Waals surface area (Å²) >= 11 is 0. The number of aromatic hydroxyl groups is 1. The third-order valence-corrected chi connectivity index (χ3v) is 5.77. The van der Waals surface area contributed by atoms with Gasteiger partial charge in [0.2, 0.25) is 5.91 Å². The number of hydrogen-bond donors (Lipinski definition) is 2. The van der Waals surface area contributed by atoms with E-state index in [1.807, 2.05) is 62.4 Å². The lowest BCUT2D eigenvalue weighted by Crippen LogP contribution is -2.33. The highest BCUT2D eigenvalue weighted by molar-refractivity contribution is 5.78. The average molecular weight is 402 g/mol. The molecule has 3 rings (SSSR count). The number of amides is 1. The number of aryl methyl sites for hydroxylation is 2. The van der Waals surface area contributed by atoms with Crippen molar-refractivity contribution in [2.24, 2.45) is 0 Å². The van der Waals surface area contributed by atoms with E-state index in [1.54, 1.807) is 6.07 Å². The van der Waals surface area contributed by atoms with Crippen LogP contribution >= 0.6 is 0 Å². The quantitative estimate of drug-likeness (QED) is 0.511. The Balaban J connectivity index is 1.71. The van der Waals surface area contributed by atoms with Gasteiger partial charge in [0.15, 0.2) is 0 Å². The molecule has 0 spiro atoms. The lowest BCUT2D eigenvalue weighted by atomic mass is 9.86. The van der Waals surface area contributed by atoms with Crippen molar-refractivity contribution in [3.05, 3.63) is 101 Å². The van der Waals surface area contributed by atoms with Gasteiger partial charge < -0.3 is 10.4 Å². The highest BCUT2D eigenvalue weighted by atomic mass is 16.3. The number of phenolic OH excluding ortho intramolecular Hbond substituents is 1. The number of rotatable bonds is 8. The van der Waals surface area contributed by atoms with Crippen molar-refractivity contribution in [2.75, 3.05) is 0 Å². The number of carbonyl (C=O) groups is 1. The molecular formula is C27H31NO2. The molecule has 30 heavy (non-hydrogen) atoms. The summed E-state index contributed by atoms with van der Waals surface area (Å²) in [5.74, 6) is 0.211. The maximum atomic E-state index is 12.9. The van der Waals surface area contributed by atoms with E-state index in [9.17, 15) is 9.90 Å². The molecular weight excluding hydrogens is 370 g/mol. The van der Waals surface area contributed by atoms with E-state index in [0.717, 1.165) is 35.1 Å². The van der Waals surface area contributed by atoms with Crippen molar-refractivity contribution in [1.82, 2.24) is 5.32 Å². The predicted molar refractivity (Wildman–Crippen MR) is 123 cm³/mol. The third kappa shape index (κ3) is 5.73. The van der Waals surface area contributed by atoms with Crippen molar-refractivity contribution in [3.63, 3.8) is 0 Å². The van der Waals surface area contributed by atoms with Crippen molar-refractivity contribution < 1.29 is 9.90 Å². The lowest BCUT2D eigenvalue weighted by molar-refractivity contribution is -0.121. The number of benzene rings is 3. The first-order chi connectivity index (χ1) is 14.4. The van der Waals surface area contributed by atoms with Crippen LogP contribution in [-0.4, -0.2) is 17.1 Å². The summed E-state index contributed by atoms with van der Waals surface area (Å²) in [6.07, 6.45) is 2.19. The number of carbonyl (C=O) groups excluding carboxylic acids is 1. The highest BCUT2D eigenvalue weighted by Crippen LogP contribution is 2.33. The van der Waals surface area contributed by atoms with Gasteiger partial charge in [0.05, 0.1) is 0 Å². The Hall–Kier alpha value is -3.07. The topological polar surface area (TPSA) is 49.3 Å². The number of nitrogens with one attached hydrogen (secondary N) is 1. The lowest BCUT2D eigenvalue weighted by Gasteiger charge is -2.21. The van der Waals surface area contributed by atoms with E-state index in [2.05, 4.69) is 30.4 Å². The van der Waals surface area contributed by atoms with Gasteiger partial charge in [-0.05, 0) is 67.5 Å². The van der Waals surface area contributed by atoms with Gasteiger partial charge in [-0.25, -0.2) is 0 Å². The minimum atomic E-state index is -0.0993. The molecule has 3 nitrogen and oxygen atoms in total. The van der Waals surface area contributed by atoms with Crippen molar-refractivity contribution in [2.45, 2.75) is 52.0 Å². The predicted octanol–water partition coefficient (Wildman–Crippen LogP) is 5.67. The van der Waals surface area contributed by atoms with Gasteiger partial charge >= 0.3 is 0 Å². The zero-order valence-corrected chi connectivity index (χ0v) is 18.1. The zero-order valence-electron chi connectivity index (χ0n) is 18.1. The summed E-state index contributed by atoms with van der Waals surface area (Å²) in [6, 6.07) is 24.4. The van der Waals surface area contributed by atoms with Gasteiger partial charge in [-0.15, -0.1) is 0 Å². The van der Waals surface area contributed by atoms with Crippen LogP contribution in [0.25, 0.3) is 0 Å². The molecule has 156 valence electrons. The summed E-state index contributed by atoms with van der Waals surface area (Å²) in [5, 5.41) is 13.5. The second-order valence-electron chi connectivity index (χ2n) is 8.14. The second kappa shape index (κ2) is 10.1. The van der Waals surface area contributed by atoms with Crippen LogP contribution in [0.2, 0.25) is 0 Å². The molecule has 0 aromatic heterocycles. The fraction of sp³-hybridized carbons (Fsp3) is 0.296. The van der Waals surface area contributed by atoms with Gasteiger partial charge in [0, 0.05) is 18.4 Å². The van der Waals surface area contributed by atoms with Crippen molar-refractivity contribution >= 4 is 5.91 Å². The molecule has 0 radical (unpaired) electrons. The molecule has 0 aliphatic heterocycles. The van der Waals surface area contributed by atoms with Crippen molar-refractivity contribution in [3.8, 4) is 5.75 Å². The van der Waals surface area contributed by atoms with Crippen LogP contribution < -0.4 is 5.32 Å². The first kappa shape index (κ1) is 21.6. The van der Waals surface area contributed by atoms with Crippen LogP contribution in [0.1, 0.15) is 53.5 Å². The van der Waals surface area contributed by atoms with Crippen LogP contribution in [0.5, 0.6) is 5.75 Å². The molecule has 0 unspecified atom stereocenters. The summed E-state index contributed by atoms with van der Waals surface area (Å²) in [5.41, 5.74) is 5.24. The third-order valence-electron chi connectivity index (χ3n) is 5.77. The largest absolute Gasteiger partial charge is 0.508 e. The summed E-state index contributed by atoms with van der Waals surface area (Å²) in [7, 11) is 0. The number of phenols is 1. The average Bonchev–Trinajstić information content (AvgIpc) is 2.75. The molecule has 0 saturated carbocycles. The Bertz CT molecular complexity index is 944. The fourth-order valence-corrected chi connectivity index (χ4v) is 3.80. The minimum Gasteiger partial charge on any atom is -0.508 e. The Morgan fingerprint density at radius 1 is 0.933 bits per heavy atom. The van der Waals surface area contributed by atoms with Gasteiger partial charge in [0.25, 0.3) is 0 Å². The van der Waals surface area contributed by atoms with Gasteiger partial charge in [-0.3, -0.25) is 4.79 Å². The maximum Gasteiger partial charge on any atom is 0.221 e. The minimum absolute atomic E-state index is 0.0298. The van der Waals surface area contributed by atoms with Crippen LogP contribution in [0.3, 0.4) is 0 Å². The van der Waals surface area contributed by atoms with Crippen molar-refractivity contribution in [1.29, 1.82) is 0 Å². The van der Waals surface area contributed by atoms with Crippen LogP contribution in [0.4, 0.5) is 0 Å². The van der Waals surface area contributed by atoms with Gasteiger partial charge in [-0.2, -0.15) is 0 Å². The first-order valence-corrected chi connectivity index (χ1v) is 10.6. The smallest absolute Gasteiger partial charge is 0.221 e. The summed E-state index contributed by atoms with van der Waals surface area (Å²) in [6.45, 7) is 5.96. The van der Waals surface area contributed by atoms with Crippen LogP contribution in [-0.2, 0) is 11.2 Å². The van der Waals surface area contributed by atoms with E-state index in [1.165, 1.54) is 5.56 Å². The van der Waals surface area contributed by atoms with E-state index < -0.39 is 0 Å². The maximum absolute atomic E-state index is 12.9. The molecule has 3 aromatic carbocycles. The molecule has 3 aromatic rings. The molecule has 2 atom stereocenters. The monoisotopic (exact) mass is 401 g/mol. The summed E-state index contributed by atoms with van der Waals surface area (Å²) < 4.78 is 0. The zero-order chi connectivity index (χ0) is 21.5. The normalized spacial score (nSPS) is 12.9. The van der Waals surface area contributed by atoms with Crippen LogP contribution in [0, 0.1) is 13.8 Å². The van der Waals surface area contributed by atoms with Gasteiger partial charge in [-0.1, -0.05) is 66.7 Å². The standard InChI is InChI=1S/C27H31NO2/c1-19-16-24(17-26(29)21(19)3)25(23-12-8-5-9-13-23)18-27(30)28-20(2)14-15-22-10-6-4-7-11-22/h4-13,16-17,20,25,29H,14-15,18H2,1-3H3,(H,28,30)/t20-,25+/m0/s1. The Kier molecular flexibility index (Phi) is 7.29. The molecule has 3 heteroatoms. The first-order valence-electron chi connectivity index (χ1n) is 10.6. The van der Waals surface area contributed by atoms with E-state index in [-0.39, 0.29) is 23.6 Å². The molecule has 0 heterocycles. The van der Waals surface area contributed by atoms with E-state index in [4.69, 9.17) is 0 Å². The Labute approximate surface area is 179 Å². The molecule has 1 amide bonds. The molecule has 2 N–H and O–H groups in total. The Morgan fingerprint density at radius 2 is 1.57 bits per heavy atom. The van der Waals surface area contributed by atoms with E-state index in [0.29, 0.717) is 6.42 Å². The second-order valence-corrected chi connectivity index (χ2v) is 8.14. The highest BCUT2D eigenvalue weighted by Gasteiger charge is 2.21. The molecule has 0 fully saturated rings. The molecule has 0 bridgehead atoms. The SMILES string of the molecule is Cc1cc([C@H](CC(=O)N[C@@H](C)CCc2ccccc2)c2ccccc2)cc(O)c1C. The molecule has 0 aliphatic carbocycles. The molecule has 0 aliphatic rings. The number of hydrogen-bond acceptors (Lipinski definition) is 2. The van der Waals surface area contributed by atoms with E-state index >= 15 is 0 Å². The van der Waals surface area contributed by atoms with Crippen LogP contribution in [0.15, 0.2) is 72.8 Å². The van der Waals surface area contributed by atoms with Gasteiger partial charge in [0.1, 0.15) is 5.75 Å². The summed E-state index contributed by atoms with van der Waals surface area (Å²) in [4.78, 5) is 12.9.